The van der Waals surface area contributed by atoms with Gasteiger partial charge in [-0.1, -0.05) is 133 Å². The topological polar surface area (TPSA) is 23.0 Å². The van der Waals surface area contributed by atoms with Gasteiger partial charge < -0.3 is 13.6 Å². The van der Waals surface area contributed by atoms with E-state index in [0.29, 0.717) is 0 Å². The molecule has 3 aromatic heterocycles. The average molecular weight is 651 g/mol. The third-order valence-electron chi connectivity index (χ3n) is 10.5. The minimum absolute atomic E-state index is 0.902. The van der Waals surface area contributed by atoms with Gasteiger partial charge in [-0.3, -0.25) is 0 Å². The Morgan fingerprint density at radius 1 is 0.314 bits per heavy atom. The van der Waals surface area contributed by atoms with Gasteiger partial charge in [0, 0.05) is 38.0 Å². The molecule has 0 saturated heterocycles. The fourth-order valence-electron chi connectivity index (χ4n) is 8.25. The molecule has 51 heavy (non-hydrogen) atoms. The van der Waals surface area contributed by atoms with Gasteiger partial charge in [0.15, 0.2) is 5.58 Å². The van der Waals surface area contributed by atoms with Gasteiger partial charge in [-0.05, 0) is 70.8 Å². The molecular formula is C48H30N2O. The Morgan fingerprint density at radius 3 is 1.47 bits per heavy atom. The second-order valence-electron chi connectivity index (χ2n) is 13.3. The highest BCUT2D eigenvalue weighted by Crippen LogP contribution is 2.44. The molecule has 8 aromatic carbocycles. The minimum Gasteiger partial charge on any atom is -0.454 e. The van der Waals surface area contributed by atoms with Crippen LogP contribution in [0.3, 0.4) is 0 Å². The van der Waals surface area contributed by atoms with Crippen molar-refractivity contribution in [1.29, 1.82) is 0 Å². The highest BCUT2D eigenvalue weighted by atomic mass is 16.3. The number of nitrogens with zero attached hydrogens (tertiary/aromatic N) is 2. The van der Waals surface area contributed by atoms with E-state index in [0.717, 1.165) is 44.3 Å². The second kappa shape index (κ2) is 10.8. The molecule has 11 aromatic rings. The number of para-hydroxylation sites is 4. The molecule has 0 spiro atoms. The van der Waals surface area contributed by atoms with Gasteiger partial charge in [0.05, 0.1) is 27.8 Å². The van der Waals surface area contributed by atoms with Crippen molar-refractivity contribution in [3.8, 4) is 33.6 Å². The Hall–Kier alpha value is -6.84. The number of hydrogen-bond donors (Lipinski definition) is 0. The van der Waals surface area contributed by atoms with Crippen LogP contribution in [0, 0.1) is 0 Å². The van der Waals surface area contributed by atoms with Crippen LogP contribution in [0.1, 0.15) is 0 Å². The standard InChI is InChI=1S/C48H30N2O/c1-2-11-31(12-3-1)32-21-23-33(24-22-32)34-25-27-35(28-26-34)49-40-17-7-4-14-38(40)46-42(49)29-30-43-47(46)39-15-5-8-18-41(39)50(43)44-19-10-16-37-36-13-6-9-20-45(36)51-48(37)44/h1-30H. The summed E-state index contributed by atoms with van der Waals surface area (Å²) in [6, 6.07) is 65.3. The molecule has 0 unspecified atom stereocenters. The zero-order valence-corrected chi connectivity index (χ0v) is 27.6. The highest BCUT2D eigenvalue weighted by Gasteiger charge is 2.22. The molecule has 0 aliphatic carbocycles. The van der Waals surface area contributed by atoms with Crippen molar-refractivity contribution in [2.24, 2.45) is 0 Å². The molecule has 3 heterocycles. The van der Waals surface area contributed by atoms with E-state index in [1.54, 1.807) is 0 Å². The van der Waals surface area contributed by atoms with Crippen molar-refractivity contribution >= 4 is 65.6 Å². The quantitative estimate of drug-likeness (QED) is 0.186. The summed E-state index contributed by atoms with van der Waals surface area (Å²) in [5, 5.41) is 7.24. The third-order valence-corrected chi connectivity index (χ3v) is 10.5. The van der Waals surface area contributed by atoms with Gasteiger partial charge in [-0.15, -0.1) is 0 Å². The van der Waals surface area contributed by atoms with Crippen LogP contribution in [-0.4, -0.2) is 9.13 Å². The van der Waals surface area contributed by atoms with Gasteiger partial charge in [0.1, 0.15) is 5.58 Å². The van der Waals surface area contributed by atoms with Crippen LogP contribution in [0.25, 0.3) is 99.2 Å². The zero-order chi connectivity index (χ0) is 33.5. The molecule has 0 radical (unpaired) electrons. The van der Waals surface area contributed by atoms with Crippen molar-refractivity contribution in [3.63, 3.8) is 0 Å². The normalized spacial score (nSPS) is 11.9. The lowest BCUT2D eigenvalue weighted by molar-refractivity contribution is 0.666. The summed E-state index contributed by atoms with van der Waals surface area (Å²) in [4.78, 5) is 0. The van der Waals surface area contributed by atoms with E-state index in [4.69, 9.17) is 4.42 Å². The molecule has 0 bridgehead atoms. The van der Waals surface area contributed by atoms with Crippen LogP contribution in [-0.2, 0) is 0 Å². The van der Waals surface area contributed by atoms with Crippen molar-refractivity contribution in [2.75, 3.05) is 0 Å². The van der Waals surface area contributed by atoms with Crippen molar-refractivity contribution in [1.82, 2.24) is 9.13 Å². The lowest BCUT2D eigenvalue weighted by Gasteiger charge is -2.11. The van der Waals surface area contributed by atoms with E-state index in [1.807, 2.05) is 6.07 Å². The van der Waals surface area contributed by atoms with Crippen molar-refractivity contribution in [3.05, 3.63) is 182 Å². The van der Waals surface area contributed by atoms with Crippen LogP contribution in [0.2, 0.25) is 0 Å². The van der Waals surface area contributed by atoms with Gasteiger partial charge in [0.25, 0.3) is 0 Å². The molecule has 0 aliphatic rings. The van der Waals surface area contributed by atoms with Gasteiger partial charge >= 0.3 is 0 Å². The van der Waals surface area contributed by atoms with E-state index in [9.17, 15) is 0 Å². The predicted octanol–water partition coefficient (Wildman–Crippen LogP) is 13.1. The number of benzene rings is 8. The molecule has 0 saturated carbocycles. The number of rotatable bonds is 4. The maximum absolute atomic E-state index is 6.57. The van der Waals surface area contributed by atoms with Gasteiger partial charge in [-0.25, -0.2) is 0 Å². The summed E-state index contributed by atoms with van der Waals surface area (Å²) >= 11 is 0. The fraction of sp³-hybridized carbons (Fsp3) is 0. The zero-order valence-electron chi connectivity index (χ0n) is 27.6. The first-order valence-corrected chi connectivity index (χ1v) is 17.4. The minimum atomic E-state index is 0.902. The number of furan rings is 1. The molecule has 11 rings (SSSR count). The van der Waals surface area contributed by atoms with E-state index in [-0.39, 0.29) is 0 Å². The molecular weight excluding hydrogens is 621 g/mol. The molecule has 3 nitrogen and oxygen atoms in total. The Kier molecular flexibility index (Phi) is 5.96. The Bertz CT molecular complexity index is 3100. The average Bonchev–Trinajstić information content (AvgIpc) is 3.86. The van der Waals surface area contributed by atoms with Crippen LogP contribution >= 0.6 is 0 Å². The monoisotopic (exact) mass is 650 g/mol. The van der Waals surface area contributed by atoms with Crippen molar-refractivity contribution in [2.45, 2.75) is 0 Å². The summed E-state index contributed by atoms with van der Waals surface area (Å²) in [6.07, 6.45) is 0. The summed E-state index contributed by atoms with van der Waals surface area (Å²) in [5.41, 5.74) is 13.6. The first-order chi connectivity index (χ1) is 25.3. The Balaban J connectivity index is 1.11. The first-order valence-electron chi connectivity index (χ1n) is 17.4. The molecule has 3 heteroatoms. The summed E-state index contributed by atoms with van der Waals surface area (Å²) in [6.45, 7) is 0. The van der Waals surface area contributed by atoms with Crippen LogP contribution in [0.5, 0.6) is 0 Å². The molecule has 0 fully saturated rings. The maximum Gasteiger partial charge on any atom is 0.159 e. The highest BCUT2D eigenvalue weighted by molar-refractivity contribution is 6.29. The summed E-state index contributed by atoms with van der Waals surface area (Å²) in [5.74, 6) is 0. The van der Waals surface area contributed by atoms with Crippen molar-refractivity contribution < 1.29 is 4.42 Å². The fourth-order valence-corrected chi connectivity index (χ4v) is 8.25. The lowest BCUT2D eigenvalue weighted by atomic mass is 10.0. The first kappa shape index (κ1) is 28.0. The van der Waals surface area contributed by atoms with E-state index < -0.39 is 0 Å². The predicted molar refractivity (Wildman–Crippen MR) is 213 cm³/mol. The van der Waals surface area contributed by atoms with E-state index in [1.165, 1.54) is 54.8 Å². The number of hydrogen-bond acceptors (Lipinski definition) is 1. The van der Waals surface area contributed by atoms with E-state index >= 15 is 0 Å². The lowest BCUT2D eigenvalue weighted by Crippen LogP contribution is -1.95. The largest absolute Gasteiger partial charge is 0.454 e. The molecule has 0 aliphatic heterocycles. The Morgan fingerprint density at radius 2 is 0.804 bits per heavy atom. The van der Waals surface area contributed by atoms with Gasteiger partial charge in [-0.2, -0.15) is 0 Å². The Labute approximate surface area is 293 Å². The summed E-state index contributed by atoms with van der Waals surface area (Å²) in [7, 11) is 0. The third kappa shape index (κ3) is 4.12. The smallest absolute Gasteiger partial charge is 0.159 e. The van der Waals surface area contributed by atoms with Crippen LogP contribution < -0.4 is 0 Å². The molecule has 0 N–H and O–H groups in total. The van der Waals surface area contributed by atoms with Crippen LogP contribution in [0.4, 0.5) is 0 Å². The molecule has 238 valence electrons. The SMILES string of the molecule is c1ccc(-c2ccc(-c3ccc(-n4c5ccccc5c5c6c7ccccc7n(-c7cccc8c7oc7ccccc78)c6ccc54)cc3)cc2)cc1. The number of aromatic nitrogens is 2. The second-order valence-corrected chi connectivity index (χ2v) is 13.3. The molecule has 0 amide bonds. The molecule has 0 atom stereocenters. The van der Waals surface area contributed by atoms with Crippen LogP contribution in [0.15, 0.2) is 186 Å². The summed E-state index contributed by atoms with van der Waals surface area (Å²) < 4.78 is 11.4. The van der Waals surface area contributed by atoms with Gasteiger partial charge in [0.2, 0.25) is 0 Å². The van der Waals surface area contributed by atoms with E-state index in [2.05, 4.69) is 185 Å². The number of fused-ring (bicyclic) bond motifs is 10. The maximum atomic E-state index is 6.57.